The maximum Gasteiger partial charge on any atom is 0.272 e. The van der Waals surface area contributed by atoms with Crippen molar-refractivity contribution in [2.24, 2.45) is 0 Å². The fraction of sp³-hybridized carbons (Fsp3) is 0.333. The van der Waals surface area contributed by atoms with Gasteiger partial charge in [0.25, 0.3) is 5.69 Å². The Morgan fingerprint density at radius 2 is 1.74 bits per heavy atom. The maximum absolute atomic E-state index is 11.3. The molecule has 0 radical (unpaired) electrons. The second-order valence-corrected chi connectivity index (χ2v) is 7.41. The number of ether oxygens (including phenoxy) is 1. The molecule has 0 amide bonds. The Kier molecular flexibility index (Phi) is 5.98. The van der Waals surface area contributed by atoms with Crippen molar-refractivity contribution in [2.45, 2.75) is 47.4 Å². The van der Waals surface area contributed by atoms with E-state index in [0.717, 1.165) is 4.90 Å². The molecule has 2 aromatic carbocycles. The van der Waals surface area contributed by atoms with Crippen LogP contribution in [0.1, 0.15) is 6.92 Å². The van der Waals surface area contributed by atoms with Crippen LogP contribution in [0.5, 0.6) is 0 Å². The number of nitro benzene ring substituents is 1. The van der Waals surface area contributed by atoms with Crippen molar-refractivity contribution in [3.05, 3.63) is 58.6 Å². The summed E-state index contributed by atoms with van der Waals surface area (Å²) in [5.41, 5.74) is 0.250. The molecule has 1 fully saturated rings. The van der Waals surface area contributed by atoms with Crippen LogP contribution >= 0.6 is 11.8 Å². The summed E-state index contributed by atoms with van der Waals surface area (Å²) >= 11 is 1.36. The van der Waals surface area contributed by atoms with E-state index in [9.17, 15) is 25.4 Å². The molecule has 0 spiro atoms. The monoisotopic (exact) mass is 392 g/mol. The zero-order valence-corrected chi connectivity index (χ0v) is 15.2. The average Bonchev–Trinajstić information content (AvgIpc) is 2.65. The molecule has 0 bridgehead atoms. The zero-order chi connectivity index (χ0) is 19.6. The zero-order valence-electron chi connectivity index (χ0n) is 14.4. The third-order valence-corrected chi connectivity index (χ3v) is 5.22. The molecule has 5 atom stereocenters. The van der Waals surface area contributed by atoms with Crippen molar-refractivity contribution in [3.8, 4) is 0 Å². The number of anilines is 1. The first-order chi connectivity index (χ1) is 12.8. The van der Waals surface area contributed by atoms with Crippen LogP contribution in [0, 0.1) is 10.1 Å². The Labute approximate surface area is 159 Å². The van der Waals surface area contributed by atoms with E-state index in [0.29, 0.717) is 10.6 Å². The van der Waals surface area contributed by atoms with Gasteiger partial charge in [0.15, 0.2) is 6.23 Å². The topological polar surface area (TPSA) is 125 Å². The lowest BCUT2D eigenvalue weighted by Crippen LogP contribution is -2.58. The minimum atomic E-state index is -1.39. The van der Waals surface area contributed by atoms with E-state index in [1.54, 1.807) is 13.0 Å². The molecule has 27 heavy (non-hydrogen) atoms. The van der Waals surface area contributed by atoms with Gasteiger partial charge in [0.1, 0.15) is 18.3 Å². The molecule has 3 rings (SSSR count). The van der Waals surface area contributed by atoms with Gasteiger partial charge in [-0.15, -0.1) is 0 Å². The fourth-order valence-electron chi connectivity index (χ4n) is 2.79. The van der Waals surface area contributed by atoms with Gasteiger partial charge in [0.05, 0.1) is 11.0 Å². The molecule has 1 heterocycles. The predicted octanol–water partition coefficient (Wildman–Crippen LogP) is 1.99. The number of nitrogens with one attached hydrogen (secondary N) is 1. The van der Waals surface area contributed by atoms with Gasteiger partial charge < -0.3 is 25.4 Å². The second kappa shape index (κ2) is 8.24. The Morgan fingerprint density at radius 3 is 2.41 bits per heavy atom. The van der Waals surface area contributed by atoms with E-state index in [1.165, 1.54) is 23.9 Å². The molecular weight excluding hydrogens is 372 g/mol. The van der Waals surface area contributed by atoms with Crippen LogP contribution in [-0.2, 0) is 4.74 Å². The van der Waals surface area contributed by atoms with E-state index in [4.69, 9.17) is 4.74 Å². The van der Waals surface area contributed by atoms with Crippen LogP contribution in [0.2, 0.25) is 0 Å². The molecular formula is C18H20N2O6S. The molecule has 144 valence electrons. The lowest BCUT2D eigenvalue weighted by molar-refractivity contribution is -0.385. The third-order valence-electron chi connectivity index (χ3n) is 4.24. The molecule has 1 saturated heterocycles. The molecule has 0 aromatic heterocycles. The van der Waals surface area contributed by atoms with Gasteiger partial charge in [-0.2, -0.15) is 0 Å². The molecule has 1 aliphatic heterocycles. The number of aliphatic hydroxyl groups is 3. The van der Waals surface area contributed by atoms with Crippen LogP contribution in [0.25, 0.3) is 0 Å². The highest BCUT2D eigenvalue weighted by molar-refractivity contribution is 7.99. The molecule has 2 aromatic rings. The van der Waals surface area contributed by atoms with E-state index in [2.05, 4.69) is 5.32 Å². The number of hydrogen-bond donors (Lipinski definition) is 4. The van der Waals surface area contributed by atoms with Crippen molar-refractivity contribution in [1.82, 2.24) is 0 Å². The molecule has 1 aliphatic rings. The van der Waals surface area contributed by atoms with Gasteiger partial charge in [0, 0.05) is 27.6 Å². The van der Waals surface area contributed by atoms with Gasteiger partial charge >= 0.3 is 0 Å². The molecule has 9 heteroatoms. The van der Waals surface area contributed by atoms with E-state index in [-0.39, 0.29) is 5.69 Å². The van der Waals surface area contributed by atoms with Crippen LogP contribution in [0.4, 0.5) is 11.4 Å². The first-order valence-corrected chi connectivity index (χ1v) is 9.15. The smallest absolute Gasteiger partial charge is 0.272 e. The first-order valence-electron chi connectivity index (χ1n) is 8.34. The third kappa shape index (κ3) is 4.57. The Hall–Kier alpha value is -2.17. The normalized spacial score (nSPS) is 27.9. The van der Waals surface area contributed by atoms with E-state index in [1.807, 2.05) is 30.3 Å². The quantitative estimate of drug-likeness (QED) is 0.450. The van der Waals surface area contributed by atoms with Crippen LogP contribution in [-0.4, -0.2) is 50.9 Å². The minimum Gasteiger partial charge on any atom is -0.388 e. The number of nitrogens with zero attached hydrogens (tertiary/aromatic N) is 1. The summed E-state index contributed by atoms with van der Waals surface area (Å²) in [6.45, 7) is 1.57. The highest BCUT2D eigenvalue weighted by Crippen LogP contribution is 2.33. The number of aliphatic hydroxyl groups excluding tert-OH is 3. The van der Waals surface area contributed by atoms with Gasteiger partial charge in [-0.25, -0.2) is 0 Å². The van der Waals surface area contributed by atoms with Crippen molar-refractivity contribution in [3.63, 3.8) is 0 Å². The molecule has 0 saturated carbocycles. The second-order valence-electron chi connectivity index (χ2n) is 6.27. The summed E-state index contributed by atoms with van der Waals surface area (Å²) in [6.07, 6.45) is -5.72. The largest absolute Gasteiger partial charge is 0.388 e. The highest BCUT2D eigenvalue weighted by Gasteiger charge is 2.41. The highest BCUT2D eigenvalue weighted by atomic mass is 32.2. The number of rotatable bonds is 5. The molecule has 0 unspecified atom stereocenters. The summed E-state index contributed by atoms with van der Waals surface area (Å²) in [7, 11) is 0. The van der Waals surface area contributed by atoms with Gasteiger partial charge in [-0.1, -0.05) is 30.0 Å². The SMILES string of the molecule is C[C@@H]1O[C@H](Nc2cc(Sc3ccccc3)cc([N+](=O)[O-])c2)[C@H](O)[C@@H](O)[C@@H]1O. The van der Waals surface area contributed by atoms with E-state index < -0.39 is 35.6 Å². The fourth-order valence-corrected chi connectivity index (χ4v) is 3.72. The number of nitro groups is 1. The Bertz CT molecular complexity index is 806. The summed E-state index contributed by atoms with van der Waals surface area (Å²) < 4.78 is 5.50. The minimum absolute atomic E-state index is 0.114. The average molecular weight is 392 g/mol. The maximum atomic E-state index is 11.3. The summed E-state index contributed by atoms with van der Waals surface area (Å²) in [5.74, 6) is 0. The number of benzene rings is 2. The van der Waals surface area contributed by atoms with Gasteiger partial charge in [0.2, 0.25) is 0 Å². The Balaban J connectivity index is 1.85. The van der Waals surface area contributed by atoms with Crippen molar-refractivity contribution in [2.75, 3.05) is 5.32 Å². The molecule has 0 aliphatic carbocycles. The standard InChI is InChI=1S/C18H20N2O6S/c1-10-15(21)16(22)17(23)18(26-10)19-11-7-12(20(24)25)9-14(8-11)27-13-5-3-2-4-6-13/h2-10,15-19,21-23H,1H3/t10-,15+,16-,17+,18-/m0/s1. The number of non-ortho nitro benzene ring substituents is 1. The van der Waals surface area contributed by atoms with Crippen molar-refractivity contribution < 1.29 is 25.0 Å². The summed E-state index contributed by atoms with van der Waals surface area (Å²) in [6, 6.07) is 13.9. The summed E-state index contributed by atoms with van der Waals surface area (Å²) in [4.78, 5) is 12.3. The lowest BCUT2D eigenvalue weighted by atomic mass is 9.99. The number of hydrogen-bond acceptors (Lipinski definition) is 8. The first kappa shape index (κ1) is 19.6. The van der Waals surface area contributed by atoms with Crippen molar-refractivity contribution in [1.29, 1.82) is 0 Å². The van der Waals surface area contributed by atoms with Crippen LogP contribution < -0.4 is 5.32 Å². The van der Waals surface area contributed by atoms with Crippen LogP contribution in [0.15, 0.2) is 58.3 Å². The van der Waals surface area contributed by atoms with Gasteiger partial charge in [-0.3, -0.25) is 10.1 Å². The lowest BCUT2D eigenvalue weighted by Gasteiger charge is -2.39. The molecule has 4 N–H and O–H groups in total. The van der Waals surface area contributed by atoms with E-state index >= 15 is 0 Å². The molecule has 8 nitrogen and oxygen atoms in total. The van der Waals surface area contributed by atoms with Crippen molar-refractivity contribution >= 4 is 23.1 Å². The predicted molar refractivity (Wildman–Crippen MR) is 99.6 cm³/mol. The Morgan fingerprint density at radius 1 is 1.04 bits per heavy atom. The van der Waals surface area contributed by atoms with Gasteiger partial charge in [-0.05, 0) is 25.1 Å². The van der Waals surface area contributed by atoms with Crippen LogP contribution in [0.3, 0.4) is 0 Å². The summed E-state index contributed by atoms with van der Waals surface area (Å²) in [5, 5.41) is 44.0.